The van der Waals surface area contributed by atoms with Crippen LogP contribution in [0.25, 0.3) is 0 Å². The van der Waals surface area contributed by atoms with Crippen molar-refractivity contribution in [1.82, 2.24) is 9.78 Å². The Morgan fingerprint density at radius 2 is 1.88 bits per heavy atom. The van der Waals surface area contributed by atoms with E-state index >= 15 is 0 Å². The van der Waals surface area contributed by atoms with Gasteiger partial charge < -0.3 is 10.1 Å². The first-order valence-corrected chi connectivity index (χ1v) is 10.0. The van der Waals surface area contributed by atoms with Crippen LogP contribution in [-0.2, 0) is 17.9 Å². The molecule has 3 aromatic rings. The summed E-state index contributed by atoms with van der Waals surface area (Å²) in [5, 5.41) is 7.76. The van der Waals surface area contributed by atoms with Crippen LogP contribution in [0.3, 0.4) is 0 Å². The molecule has 2 aromatic carbocycles. The number of nitrogens with one attached hydrogen (secondary N) is 1. The second-order valence-electron chi connectivity index (χ2n) is 6.86. The van der Waals surface area contributed by atoms with E-state index in [0.717, 1.165) is 5.56 Å². The highest BCUT2D eigenvalue weighted by Crippen LogP contribution is 2.24. The van der Waals surface area contributed by atoms with Gasteiger partial charge in [0.05, 0.1) is 23.2 Å². The van der Waals surface area contributed by atoms with Crippen LogP contribution in [0, 0.1) is 0 Å². The number of carbonyl (C=O) groups excluding carboxylic acids is 1. The Morgan fingerprint density at radius 3 is 2.59 bits per heavy atom. The topological polar surface area (TPSA) is 56.2 Å². The molecular formula is C21H17Cl2F4N3O2. The number of nitrogens with zero attached hydrogens (tertiary/aromatic N) is 2. The monoisotopic (exact) mass is 489 g/mol. The first-order valence-electron chi connectivity index (χ1n) is 9.25. The van der Waals surface area contributed by atoms with Crippen molar-refractivity contribution in [1.29, 1.82) is 0 Å². The molecule has 0 bridgehead atoms. The van der Waals surface area contributed by atoms with Crippen molar-refractivity contribution in [3.63, 3.8) is 0 Å². The van der Waals surface area contributed by atoms with E-state index in [1.165, 1.54) is 24.3 Å². The molecule has 0 aliphatic heterocycles. The molecule has 0 aliphatic carbocycles. The third-order valence-corrected chi connectivity index (χ3v) is 5.02. The Labute approximate surface area is 190 Å². The first kappa shape index (κ1) is 24.0. The second kappa shape index (κ2) is 10.3. The Balaban J connectivity index is 1.58. The zero-order valence-corrected chi connectivity index (χ0v) is 17.9. The largest absolute Gasteiger partial charge is 0.370 e. The smallest absolute Gasteiger partial charge is 0.330 e. The predicted molar refractivity (Wildman–Crippen MR) is 113 cm³/mol. The maximum Gasteiger partial charge on any atom is 0.330 e. The van der Waals surface area contributed by atoms with Gasteiger partial charge in [-0.25, -0.2) is 8.78 Å². The average molecular weight is 490 g/mol. The first-order chi connectivity index (χ1) is 15.1. The van der Waals surface area contributed by atoms with Gasteiger partial charge in [0.25, 0.3) is 5.91 Å². The predicted octanol–water partition coefficient (Wildman–Crippen LogP) is 5.91. The lowest BCUT2D eigenvalue weighted by Crippen LogP contribution is -2.32. The van der Waals surface area contributed by atoms with Crippen LogP contribution < -0.4 is 5.32 Å². The lowest BCUT2D eigenvalue weighted by atomic mass is 10.1. The number of aromatic nitrogens is 2. The summed E-state index contributed by atoms with van der Waals surface area (Å²) >= 11 is 11.9. The molecule has 0 unspecified atom stereocenters. The summed E-state index contributed by atoms with van der Waals surface area (Å²) in [6.07, 6.45) is -2.14. The summed E-state index contributed by atoms with van der Waals surface area (Å²) < 4.78 is 56.5. The summed E-state index contributed by atoms with van der Waals surface area (Å²) in [5.41, 5.74) is 1.48. The molecule has 0 saturated heterocycles. The van der Waals surface area contributed by atoms with Crippen LogP contribution in [0.15, 0.2) is 54.7 Å². The number of alkyl halides is 4. The highest BCUT2D eigenvalue weighted by molar-refractivity contribution is 6.42. The summed E-state index contributed by atoms with van der Waals surface area (Å²) in [5.74, 6) is -4.41. The molecule has 1 heterocycles. The van der Waals surface area contributed by atoms with E-state index in [2.05, 4.69) is 15.2 Å². The van der Waals surface area contributed by atoms with Crippen LogP contribution in [0.5, 0.6) is 0 Å². The second-order valence-corrected chi connectivity index (χ2v) is 7.67. The van der Waals surface area contributed by atoms with Crippen molar-refractivity contribution in [2.24, 2.45) is 0 Å². The third kappa shape index (κ3) is 6.44. The normalized spacial score (nSPS) is 11.7. The quantitative estimate of drug-likeness (QED) is 0.380. The van der Waals surface area contributed by atoms with Gasteiger partial charge >= 0.3 is 12.3 Å². The van der Waals surface area contributed by atoms with Crippen molar-refractivity contribution in [2.45, 2.75) is 25.5 Å². The van der Waals surface area contributed by atoms with E-state index in [9.17, 15) is 22.4 Å². The lowest BCUT2D eigenvalue weighted by Gasteiger charge is -2.15. The molecule has 11 heteroatoms. The maximum atomic E-state index is 12.9. The minimum Gasteiger partial charge on any atom is -0.370 e. The van der Waals surface area contributed by atoms with E-state index < -0.39 is 24.9 Å². The van der Waals surface area contributed by atoms with E-state index in [1.807, 2.05) is 0 Å². The number of hydrogen-bond acceptors (Lipinski definition) is 3. The number of ether oxygens (including phenoxy) is 1. The standard InChI is InChI=1S/C21H17Cl2F4N3O2/c22-16-5-4-13(9-17(16)23)10-30-7-6-18(29-30)28-19(31)15-3-1-2-14(8-15)11-32-12-21(26,27)20(24)25/h1-9,20H,10-12H2,(H,28,29,31). The Hall–Kier alpha value is -2.62. The van der Waals surface area contributed by atoms with E-state index in [-0.39, 0.29) is 12.2 Å². The van der Waals surface area contributed by atoms with Gasteiger partial charge in [0.1, 0.15) is 6.61 Å². The lowest BCUT2D eigenvalue weighted by molar-refractivity contribution is -0.168. The van der Waals surface area contributed by atoms with Gasteiger partial charge in [-0.3, -0.25) is 9.48 Å². The Morgan fingerprint density at radius 1 is 1.09 bits per heavy atom. The highest BCUT2D eigenvalue weighted by atomic mass is 35.5. The van der Waals surface area contributed by atoms with Gasteiger partial charge in [0, 0.05) is 17.8 Å². The van der Waals surface area contributed by atoms with Gasteiger partial charge in [-0.15, -0.1) is 0 Å². The molecule has 0 aliphatic rings. The van der Waals surface area contributed by atoms with Gasteiger partial charge in [0.2, 0.25) is 0 Å². The van der Waals surface area contributed by atoms with Crippen LogP contribution in [0.2, 0.25) is 10.0 Å². The third-order valence-electron chi connectivity index (χ3n) is 4.28. The molecule has 1 amide bonds. The number of rotatable bonds is 9. The molecule has 0 atom stereocenters. The van der Waals surface area contributed by atoms with Crippen LogP contribution in [0.4, 0.5) is 23.4 Å². The molecule has 0 radical (unpaired) electrons. The van der Waals surface area contributed by atoms with E-state index in [1.54, 1.807) is 35.1 Å². The number of benzene rings is 2. The number of hydrogen-bond donors (Lipinski definition) is 1. The van der Waals surface area contributed by atoms with Gasteiger partial charge in [-0.05, 0) is 35.4 Å². The van der Waals surface area contributed by atoms with Crippen LogP contribution >= 0.6 is 23.2 Å². The molecule has 0 fully saturated rings. The molecule has 5 nitrogen and oxygen atoms in total. The number of amides is 1. The average Bonchev–Trinajstić information content (AvgIpc) is 3.17. The maximum absolute atomic E-state index is 12.9. The number of anilines is 1. The molecular weight excluding hydrogens is 473 g/mol. The zero-order chi connectivity index (χ0) is 23.3. The fourth-order valence-corrected chi connectivity index (χ4v) is 3.02. The number of halogens is 6. The SMILES string of the molecule is O=C(Nc1ccn(Cc2ccc(Cl)c(Cl)c2)n1)c1cccc(COCC(F)(F)C(F)F)c1. The molecule has 1 aromatic heterocycles. The fraction of sp³-hybridized carbons (Fsp3) is 0.238. The molecule has 3 rings (SSSR count). The van der Waals surface area contributed by atoms with E-state index in [0.29, 0.717) is 28.0 Å². The summed E-state index contributed by atoms with van der Waals surface area (Å²) in [6, 6.07) is 12.8. The summed E-state index contributed by atoms with van der Waals surface area (Å²) in [6.45, 7) is -1.36. The minimum absolute atomic E-state index is 0.228. The van der Waals surface area contributed by atoms with Gasteiger partial charge in [-0.1, -0.05) is 41.4 Å². The van der Waals surface area contributed by atoms with Crippen LogP contribution in [-0.4, -0.2) is 34.6 Å². The molecule has 170 valence electrons. The molecule has 32 heavy (non-hydrogen) atoms. The van der Waals surface area contributed by atoms with Gasteiger partial charge in [0.15, 0.2) is 5.82 Å². The molecule has 0 spiro atoms. The Bertz CT molecular complexity index is 1090. The molecule has 0 saturated carbocycles. The summed E-state index contributed by atoms with van der Waals surface area (Å²) in [7, 11) is 0. The zero-order valence-electron chi connectivity index (χ0n) is 16.4. The van der Waals surface area contributed by atoms with Crippen molar-refractivity contribution in [3.05, 3.63) is 81.5 Å². The molecule has 1 N–H and O–H groups in total. The van der Waals surface area contributed by atoms with Crippen molar-refractivity contribution in [3.8, 4) is 0 Å². The summed E-state index contributed by atoms with van der Waals surface area (Å²) in [4.78, 5) is 12.5. The van der Waals surface area contributed by atoms with E-state index in [4.69, 9.17) is 23.2 Å². The number of carbonyl (C=O) groups is 1. The Kier molecular flexibility index (Phi) is 7.76. The van der Waals surface area contributed by atoms with Gasteiger partial charge in [-0.2, -0.15) is 13.9 Å². The van der Waals surface area contributed by atoms with Crippen molar-refractivity contribution < 1.29 is 27.1 Å². The van der Waals surface area contributed by atoms with Crippen LogP contribution in [0.1, 0.15) is 21.5 Å². The fourth-order valence-electron chi connectivity index (χ4n) is 2.70. The van der Waals surface area contributed by atoms with Crippen molar-refractivity contribution >= 4 is 34.9 Å². The highest BCUT2D eigenvalue weighted by Gasteiger charge is 2.40. The minimum atomic E-state index is -4.23. The van der Waals surface area contributed by atoms with Crippen molar-refractivity contribution in [2.75, 3.05) is 11.9 Å².